The SMILES string of the molecule is Cc1ccc(C(C(=O)NCC(=O)N2CCN(C)CC2)C2CCCCC2)cc1. The molecule has 2 fully saturated rings. The third-order valence-corrected chi connectivity index (χ3v) is 6.11. The molecule has 27 heavy (non-hydrogen) atoms. The zero-order valence-electron chi connectivity index (χ0n) is 16.7. The summed E-state index contributed by atoms with van der Waals surface area (Å²) in [7, 11) is 2.07. The van der Waals surface area contributed by atoms with Crippen LogP contribution in [-0.2, 0) is 9.59 Å². The molecule has 1 aliphatic heterocycles. The van der Waals surface area contributed by atoms with Crippen LogP contribution in [0.1, 0.15) is 49.1 Å². The van der Waals surface area contributed by atoms with E-state index < -0.39 is 0 Å². The summed E-state index contributed by atoms with van der Waals surface area (Å²) >= 11 is 0. The summed E-state index contributed by atoms with van der Waals surface area (Å²) in [6, 6.07) is 8.31. The van der Waals surface area contributed by atoms with Gasteiger partial charge in [-0.05, 0) is 38.3 Å². The maximum Gasteiger partial charge on any atom is 0.242 e. The number of piperazine rings is 1. The van der Waals surface area contributed by atoms with Crippen molar-refractivity contribution in [1.82, 2.24) is 15.1 Å². The van der Waals surface area contributed by atoms with Gasteiger partial charge in [-0.15, -0.1) is 0 Å². The second kappa shape index (κ2) is 9.36. The van der Waals surface area contributed by atoms with Crippen molar-refractivity contribution in [1.29, 1.82) is 0 Å². The van der Waals surface area contributed by atoms with Gasteiger partial charge in [-0.2, -0.15) is 0 Å². The molecular weight excluding hydrogens is 338 g/mol. The highest BCUT2D eigenvalue weighted by Gasteiger charge is 2.31. The minimum absolute atomic E-state index is 0.00762. The van der Waals surface area contributed by atoms with E-state index in [0.29, 0.717) is 5.92 Å². The molecule has 5 nitrogen and oxygen atoms in total. The van der Waals surface area contributed by atoms with Crippen LogP contribution >= 0.6 is 0 Å². The third kappa shape index (κ3) is 5.32. The Morgan fingerprint density at radius 2 is 1.67 bits per heavy atom. The number of carbonyl (C=O) groups is 2. The highest BCUT2D eigenvalue weighted by Crippen LogP contribution is 2.36. The summed E-state index contributed by atoms with van der Waals surface area (Å²) in [4.78, 5) is 29.6. The number of carbonyl (C=O) groups excluding carboxylic acids is 2. The molecule has 0 bridgehead atoms. The number of nitrogens with zero attached hydrogens (tertiary/aromatic N) is 2. The van der Waals surface area contributed by atoms with Gasteiger partial charge in [0.2, 0.25) is 11.8 Å². The molecule has 148 valence electrons. The van der Waals surface area contributed by atoms with Gasteiger partial charge >= 0.3 is 0 Å². The Morgan fingerprint density at radius 1 is 1.04 bits per heavy atom. The summed E-state index contributed by atoms with van der Waals surface area (Å²) in [6.07, 6.45) is 5.85. The largest absolute Gasteiger partial charge is 0.346 e. The van der Waals surface area contributed by atoms with E-state index >= 15 is 0 Å². The van der Waals surface area contributed by atoms with Crippen LogP contribution in [0, 0.1) is 12.8 Å². The Morgan fingerprint density at radius 3 is 2.30 bits per heavy atom. The second-order valence-electron chi connectivity index (χ2n) is 8.19. The van der Waals surface area contributed by atoms with E-state index in [9.17, 15) is 9.59 Å². The van der Waals surface area contributed by atoms with Gasteiger partial charge in [0, 0.05) is 26.2 Å². The summed E-state index contributed by atoms with van der Waals surface area (Å²) in [6.45, 7) is 5.46. The molecule has 1 aliphatic carbocycles. The molecule has 1 unspecified atom stereocenters. The molecule has 2 aliphatic rings. The first-order chi connectivity index (χ1) is 13.0. The van der Waals surface area contributed by atoms with Gasteiger partial charge in [-0.1, -0.05) is 49.1 Å². The van der Waals surface area contributed by atoms with E-state index in [0.717, 1.165) is 44.6 Å². The highest BCUT2D eigenvalue weighted by molar-refractivity contribution is 5.88. The lowest BCUT2D eigenvalue weighted by Gasteiger charge is -2.33. The molecule has 1 saturated carbocycles. The van der Waals surface area contributed by atoms with Crippen LogP contribution in [0.4, 0.5) is 0 Å². The van der Waals surface area contributed by atoms with Crippen LogP contribution in [0.15, 0.2) is 24.3 Å². The van der Waals surface area contributed by atoms with Crippen LogP contribution < -0.4 is 5.32 Å². The second-order valence-corrected chi connectivity index (χ2v) is 8.19. The summed E-state index contributed by atoms with van der Waals surface area (Å²) < 4.78 is 0. The normalized spacial score (nSPS) is 20.3. The van der Waals surface area contributed by atoms with Crippen LogP contribution in [0.5, 0.6) is 0 Å². The lowest BCUT2D eigenvalue weighted by molar-refractivity contribution is -0.134. The van der Waals surface area contributed by atoms with Crippen LogP contribution in [0.3, 0.4) is 0 Å². The number of benzene rings is 1. The fraction of sp³-hybridized carbons (Fsp3) is 0.636. The molecule has 1 aromatic rings. The van der Waals surface area contributed by atoms with Crippen LogP contribution in [0.2, 0.25) is 0 Å². The molecule has 1 heterocycles. The first-order valence-corrected chi connectivity index (χ1v) is 10.3. The van der Waals surface area contributed by atoms with Crippen molar-refractivity contribution in [2.45, 2.75) is 44.9 Å². The van der Waals surface area contributed by atoms with Crippen molar-refractivity contribution in [3.05, 3.63) is 35.4 Å². The molecule has 1 N–H and O–H groups in total. The molecule has 0 aromatic heterocycles. The van der Waals surface area contributed by atoms with Crippen molar-refractivity contribution in [2.75, 3.05) is 39.8 Å². The van der Waals surface area contributed by atoms with E-state index in [1.165, 1.54) is 24.8 Å². The maximum atomic E-state index is 13.1. The van der Waals surface area contributed by atoms with Gasteiger partial charge in [0.05, 0.1) is 12.5 Å². The number of amides is 2. The topological polar surface area (TPSA) is 52.7 Å². The predicted octanol–water partition coefficient (Wildman–Crippen LogP) is 2.55. The monoisotopic (exact) mass is 371 g/mol. The summed E-state index contributed by atoms with van der Waals surface area (Å²) in [5.74, 6) is 0.266. The smallest absolute Gasteiger partial charge is 0.242 e. The van der Waals surface area contributed by atoms with Crippen LogP contribution in [0.25, 0.3) is 0 Å². The lowest BCUT2D eigenvalue weighted by atomic mass is 9.76. The number of aryl methyl sites for hydroxylation is 1. The van der Waals surface area contributed by atoms with Gasteiger partial charge in [-0.3, -0.25) is 9.59 Å². The minimum Gasteiger partial charge on any atom is -0.346 e. The average Bonchev–Trinajstić information content (AvgIpc) is 2.69. The molecule has 1 aromatic carbocycles. The number of hydrogen-bond acceptors (Lipinski definition) is 3. The molecule has 2 amide bonds. The Hall–Kier alpha value is -1.88. The number of rotatable bonds is 5. The van der Waals surface area contributed by atoms with Crippen molar-refractivity contribution in [2.24, 2.45) is 5.92 Å². The Bertz CT molecular complexity index is 629. The van der Waals surface area contributed by atoms with E-state index in [-0.39, 0.29) is 24.3 Å². The number of hydrogen-bond donors (Lipinski definition) is 1. The Balaban J connectivity index is 1.63. The fourth-order valence-electron chi connectivity index (χ4n) is 4.32. The zero-order valence-corrected chi connectivity index (χ0v) is 16.7. The van der Waals surface area contributed by atoms with Crippen molar-refractivity contribution < 1.29 is 9.59 Å². The van der Waals surface area contributed by atoms with Gasteiger partial charge < -0.3 is 15.1 Å². The standard InChI is InChI=1S/C22H33N3O2/c1-17-8-10-19(11-9-17)21(18-6-4-3-5-7-18)22(27)23-16-20(26)25-14-12-24(2)13-15-25/h8-11,18,21H,3-7,12-16H2,1-2H3,(H,23,27). The number of nitrogens with one attached hydrogen (secondary N) is 1. The van der Waals surface area contributed by atoms with E-state index in [2.05, 4.69) is 48.5 Å². The molecule has 0 radical (unpaired) electrons. The molecule has 5 heteroatoms. The molecule has 0 spiro atoms. The molecule has 1 saturated heterocycles. The molecule has 3 rings (SSSR count). The highest BCUT2D eigenvalue weighted by atomic mass is 16.2. The fourth-order valence-corrected chi connectivity index (χ4v) is 4.32. The average molecular weight is 372 g/mol. The van der Waals surface area contributed by atoms with Crippen LogP contribution in [-0.4, -0.2) is 61.4 Å². The first kappa shape index (κ1) is 19.9. The van der Waals surface area contributed by atoms with Gasteiger partial charge in [0.25, 0.3) is 0 Å². The predicted molar refractivity (Wildman–Crippen MR) is 108 cm³/mol. The van der Waals surface area contributed by atoms with Gasteiger partial charge in [0.15, 0.2) is 0 Å². The quantitative estimate of drug-likeness (QED) is 0.865. The summed E-state index contributed by atoms with van der Waals surface area (Å²) in [5, 5.41) is 2.96. The maximum absolute atomic E-state index is 13.1. The van der Waals surface area contributed by atoms with Crippen molar-refractivity contribution in [3.63, 3.8) is 0 Å². The Labute approximate surface area is 163 Å². The first-order valence-electron chi connectivity index (χ1n) is 10.3. The third-order valence-electron chi connectivity index (χ3n) is 6.11. The minimum atomic E-state index is -0.147. The van der Waals surface area contributed by atoms with E-state index in [1.54, 1.807) is 0 Å². The summed E-state index contributed by atoms with van der Waals surface area (Å²) in [5.41, 5.74) is 2.28. The Kier molecular flexibility index (Phi) is 6.89. The number of likely N-dealkylation sites (N-methyl/N-ethyl adjacent to an activating group) is 1. The van der Waals surface area contributed by atoms with E-state index in [1.807, 2.05) is 4.90 Å². The van der Waals surface area contributed by atoms with Crippen molar-refractivity contribution in [3.8, 4) is 0 Å². The molecular formula is C22H33N3O2. The lowest BCUT2D eigenvalue weighted by Crippen LogP contribution is -2.50. The van der Waals surface area contributed by atoms with Gasteiger partial charge in [-0.25, -0.2) is 0 Å². The van der Waals surface area contributed by atoms with E-state index in [4.69, 9.17) is 0 Å². The van der Waals surface area contributed by atoms with Crippen molar-refractivity contribution >= 4 is 11.8 Å². The zero-order chi connectivity index (χ0) is 19.2. The van der Waals surface area contributed by atoms with Gasteiger partial charge in [0.1, 0.15) is 0 Å². The molecule has 1 atom stereocenters.